The lowest BCUT2D eigenvalue weighted by Crippen LogP contribution is -2.13. The number of hydrogen-bond acceptors (Lipinski definition) is 1. The van der Waals surface area contributed by atoms with Crippen LogP contribution in [0.3, 0.4) is 0 Å². The molecule has 0 saturated heterocycles. The van der Waals surface area contributed by atoms with Crippen molar-refractivity contribution in [3.8, 4) is 0 Å². The molecule has 15 heavy (non-hydrogen) atoms. The van der Waals surface area contributed by atoms with Crippen molar-refractivity contribution in [2.45, 2.75) is 19.3 Å². The van der Waals surface area contributed by atoms with Crippen molar-refractivity contribution in [1.29, 1.82) is 0 Å². The zero-order valence-electron chi connectivity index (χ0n) is 8.36. The topological polar surface area (TPSA) is 17.1 Å². The third-order valence-corrected chi connectivity index (χ3v) is 4.14. The molecule has 0 radical (unpaired) electrons. The standard InChI is InChI=1S/C13H11OP/c14-13-11-7-2-1-5-9(11)10-6-3-4-8-12(10)15-13/h1-2,5-7H,3-4,8H2. The molecule has 0 fully saturated rings. The Balaban J connectivity index is 2.25. The Morgan fingerprint density at radius 3 is 2.80 bits per heavy atom. The minimum absolute atomic E-state index is 0.264. The second-order valence-corrected chi connectivity index (χ2v) is 5.09. The normalized spacial score (nSPS) is 19.9. The van der Waals surface area contributed by atoms with E-state index in [2.05, 4.69) is 12.1 Å². The van der Waals surface area contributed by atoms with Crippen LogP contribution >= 0.6 is 8.20 Å². The fourth-order valence-electron chi connectivity index (χ4n) is 2.24. The molecule has 0 bridgehead atoms. The van der Waals surface area contributed by atoms with E-state index >= 15 is 0 Å². The van der Waals surface area contributed by atoms with Gasteiger partial charge in [0.1, 0.15) is 0 Å². The van der Waals surface area contributed by atoms with Crippen LogP contribution in [0.5, 0.6) is 0 Å². The number of fused-ring (bicyclic) bond motifs is 3. The van der Waals surface area contributed by atoms with Gasteiger partial charge in [-0.1, -0.05) is 30.3 Å². The average molecular weight is 214 g/mol. The van der Waals surface area contributed by atoms with Crippen LogP contribution in [0.2, 0.25) is 0 Å². The predicted molar refractivity (Wildman–Crippen MR) is 64.5 cm³/mol. The van der Waals surface area contributed by atoms with Crippen LogP contribution < -0.4 is 0 Å². The van der Waals surface area contributed by atoms with Crippen molar-refractivity contribution < 1.29 is 4.79 Å². The second kappa shape index (κ2) is 3.43. The molecule has 1 aromatic rings. The Morgan fingerprint density at radius 1 is 1.13 bits per heavy atom. The van der Waals surface area contributed by atoms with E-state index in [4.69, 9.17) is 0 Å². The highest BCUT2D eigenvalue weighted by Crippen LogP contribution is 2.36. The van der Waals surface area contributed by atoms with Gasteiger partial charge in [-0.2, -0.15) is 0 Å². The molecule has 0 amide bonds. The first-order valence-electron chi connectivity index (χ1n) is 5.28. The third-order valence-electron chi connectivity index (χ3n) is 2.96. The third kappa shape index (κ3) is 1.39. The first-order chi connectivity index (χ1) is 7.36. The minimum Gasteiger partial charge on any atom is -0.284 e. The van der Waals surface area contributed by atoms with E-state index in [0.717, 1.165) is 32.2 Å². The highest BCUT2D eigenvalue weighted by Gasteiger charge is 2.23. The van der Waals surface area contributed by atoms with E-state index in [1.165, 1.54) is 17.3 Å². The van der Waals surface area contributed by atoms with E-state index in [-0.39, 0.29) is 5.52 Å². The van der Waals surface area contributed by atoms with E-state index in [0.29, 0.717) is 0 Å². The van der Waals surface area contributed by atoms with Crippen molar-refractivity contribution in [2.24, 2.45) is 0 Å². The fraction of sp³-hybridized carbons (Fsp3) is 0.231. The van der Waals surface area contributed by atoms with Gasteiger partial charge in [-0.05, 0) is 43.9 Å². The van der Waals surface area contributed by atoms with Crippen molar-refractivity contribution in [3.63, 3.8) is 0 Å². The summed E-state index contributed by atoms with van der Waals surface area (Å²) < 4.78 is 0. The summed E-state index contributed by atoms with van der Waals surface area (Å²) in [5.74, 6) is 0. The van der Waals surface area contributed by atoms with Crippen LogP contribution in [0.1, 0.15) is 35.2 Å². The first-order valence-corrected chi connectivity index (χ1v) is 6.17. The largest absolute Gasteiger partial charge is 0.284 e. The van der Waals surface area contributed by atoms with Crippen LogP contribution in [0.25, 0.3) is 5.57 Å². The first kappa shape index (κ1) is 9.06. The zero-order valence-corrected chi connectivity index (χ0v) is 9.26. The molecule has 2 heteroatoms. The summed E-state index contributed by atoms with van der Waals surface area (Å²) in [5.41, 5.74) is 3.64. The van der Waals surface area contributed by atoms with Gasteiger partial charge in [0.05, 0.1) is 0 Å². The molecule has 1 aliphatic carbocycles. The summed E-state index contributed by atoms with van der Waals surface area (Å²) in [5, 5.41) is 1.32. The van der Waals surface area contributed by atoms with Crippen LogP contribution in [-0.4, -0.2) is 10.8 Å². The number of carbonyl (C=O) groups excluding carboxylic acids is 1. The molecular formula is C13H11OP. The molecule has 0 atom stereocenters. The number of carbonyl (C=O) groups is 1. The Hall–Kier alpha value is -1.20. The lowest BCUT2D eigenvalue weighted by molar-refractivity contribution is 0.108. The highest BCUT2D eigenvalue weighted by atomic mass is 31.1. The van der Waals surface area contributed by atoms with Gasteiger partial charge >= 0.3 is 0 Å². The van der Waals surface area contributed by atoms with E-state index < -0.39 is 0 Å². The van der Waals surface area contributed by atoms with Crippen LogP contribution in [0.15, 0.2) is 30.3 Å². The summed E-state index contributed by atoms with van der Waals surface area (Å²) >= 11 is 0. The molecule has 0 N–H and O–H groups in total. The Morgan fingerprint density at radius 2 is 1.93 bits per heavy atom. The van der Waals surface area contributed by atoms with Gasteiger partial charge < -0.3 is 0 Å². The molecule has 0 unspecified atom stereocenters. The van der Waals surface area contributed by atoms with Crippen LogP contribution in [0.4, 0.5) is 0 Å². The van der Waals surface area contributed by atoms with Gasteiger partial charge in [0, 0.05) is 5.56 Å². The van der Waals surface area contributed by atoms with Crippen LogP contribution in [-0.2, 0) is 0 Å². The van der Waals surface area contributed by atoms with Crippen LogP contribution in [0, 0.1) is 0 Å². The molecule has 0 spiro atoms. The maximum Gasteiger partial charge on any atom is 0.212 e. The van der Waals surface area contributed by atoms with Crippen molar-refractivity contribution in [1.82, 2.24) is 0 Å². The maximum atomic E-state index is 11.9. The highest BCUT2D eigenvalue weighted by molar-refractivity contribution is 7.61. The second-order valence-electron chi connectivity index (χ2n) is 3.92. The van der Waals surface area contributed by atoms with Gasteiger partial charge in [-0.3, -0.25) is 4.79 Å². The molecule has 2 aliphatic rings. The predicted octanol–water partition coefficient (Wildman–Crippen LogP) is 3.53. The Labute approximate surface area is 90.6 Å². The van der Waals surface area contributed by atoms with Crippen molar-refractivity contribution in [3.05, 3.63) is 41.5 Å². The van der Waals surface area contributed by atoms with E-state index in [1.54, 1.807) is 0 Å². The molecule has 1 aliphatic heterocycles. The molecule has 0 aromatic heterocycles. The van der Waals surface area contributed by atoms with Gasteiger partial charge in [0.2, 0.25) is 5.52 Å². The molecule has 0 saturated carbocycles. The lowest BCUT2D eigenvalue weighted by atomic mass is 9.90. The number of hydrogen-bond donors (Lipinski definition) is 0. The van der Waals surface area contributed by atoms with Gasteiger partial charge in [-0.15, -0.1) is 0 Å². The average Bonchev–Trinajstić information content (AvgIpc) is 2.30. The molecule has 3 rings (SSSR count). The lowest BCUT2D eigenvalue weighted by Gasteiger charge is -2.22. The molecule has 1 aromatic carbocycles. The summed E-state index contributed by atoms with van der Waals surface area (Å²) in [4.78, 5) is 11.9. The Kier molecular flexibility index (Phi) is 2.07. The van der Waals surface area contributed by atoms with Crippen molar-refractivity contribution in [2.75, 3.05) is 0 Å². The summed E-state index contributed by atoms with van der Waals surface area (Å²) in [7, 11) is 0.902. The van der Waals surface area contributed by atoms with Gasteiger partial charge in [0.15, 0.2) is 0 Å². The quantitative estimate of drug-likeness (QED) is 0.604. The Bertz CT molecular complexity index is 497. The SMILES string of the molecule is O=C1P=C2CCCC=C2c2ccccc21. The molecule has 74 valence electrons. The monoisotopic (exact) mass is 214 g/mol. The summed E-state index contributed by atoms with van der Waals surface area (Å²) in [6, 6.07) is 7.97. The van der Waals surface area contributed by atoms with Crippen molar-refractivity contribution >= 4 is 24.6 Å². The number of rotatable bonds is 0. The summed E-state index contributed by atoms with van der Waals surface area (Å²) in [6.07, 6.45) is 5.72. The summed E-state index contributed by atoms with van der Waals surface area (Å²) in [6.45, 7) is 0. The maximum absolute atomic E-state index is 11.9. The van der Waals surface area contributed by atoms with E-state index in [9.17, 15) is 4.79 Å². The molecule has 1 heterocycles. The fourth-order valence-corrected chi connectivity index (χ4v) is 3.40. The van der Waals surface area contributed by atoms with Gasteiger partial charge in [-0.25, -0.2) is 0 Å². The van der Waals surface area contributed by atoms with E-state index in [1.807, 2.05) is 18.2 Å². The zero-order chi connectivity index (χ0) is 10.3. The number of benzene rings is 1. The minimum atomic E-state index is 0.264. The molecule has 1 nitrogen and oxygen atoms in total. The smallest absolute Gasteiger partial charge is 0.212 e. The van der Waals surface area contributed by atoms with Gasteiger partial charge in [0.25, 0.3) is 0 Å². The number of allylic oxidation sites excluding steroid dienone is 2. The molecular weight excluding hydrogens is 203 g/mol.